The van der Waals surface area contributed by atoms with E-state index in [4.69, 9.17) is 4.67 Å². The molecule has 0 saturated carbocycles. The fourth-order valence-corrected chi connectivity index (χ4v) is 4.57. The summed E-state index contributed by atoms with van der Waals surface area (Å²) in [5, 5.41) is 3.36. The van der Waals surface area contributed by atoms with Gasteiger partial charge in [0.05, 0.1) is 12.3 Å². The van der Waals surface area contributed by atoms with Gasteiger partial charge in [0.2, 0.25) is 0 Å². The van der Waals surface area contributed by atoms with Gasteiger partial charge in [-0.1, -0.05) is 38.1 Å². The SMILES string of the molecule is CCC(CC)(c1cccc(/C=C2\NC(=O)NC2=O)c1)P(=O)(O)OOC. The zero-order valence-corrected chi connectivity index (χ0v) is 15.1. The van der Waals surface area contributed by atoms with Crippen LogP contribution in [-0.2, 0) is 24.1 Å². The van der Waals surface area contributed by atoms with Gasteiger partial charge >= 0.3 is 13.6 Å². The van der Waals surface area contributed by atoms with Crippen molar-refractivity contribution in [1.29, 1.82) is 0 Å². The molecule has 1 aromatic carbocycles. The topological polar surface area (TPSA) is 114 Å². The Bertz CT molecular complexity index is 757. The molecule has 1 atom stereocenters. The number of carbonyl (C=O) groups excluding carboxylic acids is 2. The van der Waals surface area contributed by atoms with Crippen LogP contribution in [0.1, 0.15) is 37.8 Å². The van der Waals surface area contributed by atoms with E-state index in [0.29, 0.717) is 24.0 Å². The maximum absolute atomic E-state index is 12.7. The van der Waals surface area contributed by atoms with Crippen molar-refractivity contribution in [2.75, 3.05) is 7.11 Å². The van der Waals surface area contributed by atoms with E-state index in [1.807, 2.05) is 0 Å². The van der Waals surface area contributed by atoms with Crippen LogP contribution in [0.5, 0.6) is 0 Å². The van der Waals surface area contributed by atoms with Crippen LogP contribution < -0.4 is 10.6 Å². The first-order valence-electron chi connectivity index (χ1n) is 7.79. The Balaban J connectivity index is 2.48. The van der Waals surface area contributed by atoms with Crippen LogP contribution in [0, 0.1) is 0 Å². The standard InChI is InChI=1S/C16H21N2O6P/c1-4-16(5-2,25(21,22)24-23-3)12-8-6-7-11(9-12)10-13-14(19)18-15(20)17-13/h6-10H,4-5H2,1-3H3,(H,21,22)(H2,17,18,19,20)/b13-10-. The smallest absolute Gasteiger partial charge is 0.322 e. The summed E-state index contributed by atoms with van der Waals surface area (Å²) in [4.78, 5) is 37.7. The minimum absolute atomic E-state index is 0.112. The van der Waals surface area contributed by atoms with Crippen molar-refractivity contribution in [3.05, 3.63) is 41.1 Å². The number of hydrogen-bond acceptors (Lipinski definition) is 5. The maximum Gasteiger partial charge on any atom is 0.365 e. The Morgan fingerprint density at radius 2 is 1.92 bits per heavy atom. The van der Waals surface area contributed by atoms with Crippen molar-refractivity contribution in [2.45, 2.75) is 31.8 Å². The minimum Gasteiger partial charge on any atom is -0.322 e. The van der Waals surface area contributed by atoms with Gasteiger partial charge in [-0.3, -0.25) is 14.7 Å². The molecule has 3 amide bonds. The summed E-state index contributed by atoms with van der Waals surface area (Å²) in [6.07, 6.45) is 2.19. The van der Waals surface area contributed by atoms with Gasteiger partial charge in [0.1, 0.15) is 5.70 Å². The summed E-state index contributed by atoms with van der Waals surface area (Å²) in [7, 11) is -2.94. The predicted molar refractivity (Wildman–Crippen MR) is 91.3 cm³/mol. The quantitative estimate of drug-likeness (QED) is 0.224. The molecule has 0 spiro atoms. The molecule has 1 fully saturated rings. The average molecular weight is 368 g/mol. The molecule has 1 heterocycles. The van der Waals surface area contributed by atoms with E-state index in [2.05, 4.69) is 15.5 Å². The Morgan fingerprint density at radius 3 is 2.44 bits per heavy atom. The molecule has 1 aliphatic heterocycles. The fourth-order valence-electron chi connectivity index (χ4n) is 2.96. The first-order valence-corrected chi connectivity index (χ1v) is 9.37. The van der Waals surface area contributed by atoms with Crippen molar-refractivity contribution in [3.63, 3.8) is 0 Å². The van der Waals surface area contributed by atoms with Gasteiger partial charge in [-0.05, 0) is 30.0 Å². The number of benzene rings is 1. The lowest BCUT2D eigenvalue weighted by atomic mass is 9.91. The second-order valence-corrected chi connectivity index (χ2v) is 7.64. The van der Waals surface area contributed by atoms with Crippen LogP contribution >= 0.6 is 7.60 Å². The van der Waals surface area contributed by atoms with Gasteiger partial charge in [0.15, 0.2) is 0 Å². The summed E-state index contributed by atoms with van der Waals surface area (Å²) in [6, 6.07) is 6.27. The van der Waals surface area contributed by atoms with Gasteiger partial charge in [-0.2, -0.15) is 0 Å². The molecule has 0 bridgehead atoms. The predicted octanol–water partition coefficient (Wildman–Crippen LogP) is 2.65. The molecule has 3 N–H and O–H groups in total. The molecule has 2 rings (SSSR count). The van der Waals surface area contributed by atoms with E-state index in [0.717, 1.165) is 0 Å². The molecular formula is C16H21N2O6P. The molecule has 0 aromatic heterocycles. The molecule has 136 valence electrons. The number of urea groups is 1. The van der Waals surface area contributed by atoms with Gasteiger partial charge in [-0.15, -0.1) is 4.67 Å². The van der Waals surface area contributed by atoms with Crippen LogP contribution in [0.2, 0.25) is 0 Å². The molecular weight excluding hydrogens is 347 g/mol. The molecule has 8 nitrogen and oxygen atoms in total. The highest BCUT2D eigenvalue weighted by molar-refractivity contribution is 7.54. The van der Waals surface area contributed by atoms with E-state index in [1.54, 1.807) is 38.1 Å². The number of carbonyl (C=O) groups is 2. The molecule has 0 radical (unpaired) electrons. The molecule has 1 aromatic rings. The molecule has 0 aliphatic carbocycles. The first kappa shape index (κ1) is 19.3. The number of nitrogens with one attached hydrogen (secondary N) is 2. The summed E-state index contributed by atoms with van der Waals surface area (Å²) < 4.78 is 17.4. The molecule has 1 aliphatic rings. The van der Waals surface area contributed by atoms with Crippen molar-refractivity contribution in [3.8, 4) is 0 Å². The average Bonchev–Trinajstić information content (AvgIpc) is 2.86. The first-order chi connectivity index (χ1) is 11.8. The third-order valence-electron chi connectivity index (χ3n) is 4.34. The van der Waals surface area contributed by atoms with E-state index in [1.165, 1.54) is 13.2 Å². The fraction of sp³-hybridized carbons (Fsp3) is 0.375. The summed E-state index contributed by atoms with van der Waals surface area (Å²) in [5.41, 5.74) is 1.30. The van der Waals surface area contributed by atoms with Crippen molar-refractivity contribution >= 4 is 25.6 Å². The number of hydrogen-bond donors (Lipinski definition) is 3. The highest BCUT2D eigenvalue weighted by Gasteiger charge is 2.48. The minimum atomic E-state index is -4.13. The molecule has 1 unspecified atom stereocenters. The Labute approximate surface area is 145 Å². The second kappa shape index (κ2) is 7.49. The van der Waals surface area contributed by atoms with Gasteiger partial charge in [0, 0.05) is 0 Å². The molecule has 25 heavy (non-hydrogen) atoms. The maximum atomic E-state index is 12.7. The lowest BCUT2D eigenvalue weighted by Crippen LogP contribution is -2.26. The summed E-state index contributed by atoms with van der Waals surface area (Å²) >= 11 is 0. The van der Waals surface area contributed by atoms with Crippen LogP contribution in [-0.4, -0.2) is 23.9 Å². The van der Waals surface area contributed by atoms with Gasteiger partial charge < -0.3 is 10.2 Å². The lowest BCUT2D eigenvalue weighted by Gasteiger charge is -2.34. The highest BCUT2D eigenvalue weighted by Crippen LogP contribution is 2.64. The zero-order chi connectivity index (χ0) is 18.7. The van der Waals surface area contributed by atoms with E-state index >= 15 is 0 Å². The monoisotopic (exact) mass is 368 g/mol. The lowest BCUT2D eigenvalue weighted by molar-refractivity contribution is -0.188. The van der Waals surface area contributed by atoms with Crippen LogP contribution in [0.15, 0.2) is 30.0 Å². The number of rotatable bonds is 7. The van der Waals surface area contributed by atoms with Gasteiger partial charge in [-0.25, -0.2) is 9.68 Å². The Kier molecular flexibility index (Phi) is 5.80. The van der Waals surface area contributed by atoms with Crippen molar-refractivity contribution in [2.24, 2.45) is 0 Å². The summed E-state index contributed by atoms with van der Waals surface area (Å²) in [5.74, 6) is -0.525. The molecule has 9 heteroatoms. The van der Waals surface area contributed by atoms with Crippen LogP contribution in [0.25, 0.3) is 6.08 Å². The van der Waals surface area contributed by atoms with Gasteiger partial charge in [0.25, 0.3) is 5.91 Å². The number of amides is 3. The summed E-state index contributed by atoms with van der Waals surface area (Å²) in [6.45, 7) is 3.59. The largest absolute Gasteiger partial charge is 0.365 e. The van der Waals surface area contributed by atoms with Crippen molar-refractivity contribution in [1.82, 2.24) is 10.6 Å². The Hall–Kier alpha value is -1.99. The third kappa shape index (κ3) is 3.67. The van der Waals surface area contributed by atoms with E-state index in [-0.39, 0.29) is 5.70 Å². The Morgan fingerprint density at radius 1 is 1.24 bits per heavy atom. The van der Waals surface area contributed by atoms with Crippen molar-refractivity contribution < 1.29 is 28.6 Å². The normalized spacial score (nSPS) is 18.8. The molecule has 1 saturated heterocycles. The third-order valence-corrected chi connectivity index (χ3v) is 6.66. The highest BCUT2D eigenvalue weighted by atomic mass is 31.2. The zero-order valence-electron chi connectivity index (χ0n) is 14.2. The van der Waals surface area contributed by atoms with E-state index < -0.39 is 24.7 Å². The number of imide groups is 1. The van der Waals surface area contributed by atoms with E-state index in [9.17, 15) is 19.0 Å². The van der Waals surface area contributed by atoms with Crippen LogP contribution in [0.4, 0.5) is 4.79 Å². The second-order valence-electron chi connectivity index (χ2n) is 5.59. The van der Waals surface area contributed by atoms with Crippen LogP contribution in [0.3, 0.4) is 0 Å².